The number of carbonyl (C=O) groups excluding carboxylic acids is 2. The first kappa shape index (κ1) is 14.1. The number of fused-ring (bicyclic) bond motifs is 1. The van der Waals surface area contributed by atoms with Crippen molar-refractivity contribution in [1.82, 2.24) is 4.90 Å². The molecular formula is C18H21NO2. The molecule has 1 amide bonds. The highest BCUT2D eigenvalue weighted by atomic mass is 16.2. The molecule has 2 aliphatic rings. The van der Waals surface area contributed by atoms with E-state index in [1.54, 1.807) is 0 Å². The van der Waals surface area contributed by atoms with Gasteiger partial charge in [0.05, 0.1) is 6.04 Å². The SMILES string of the molecule is CC(C)(C)N1C(=O)C2=CCC(=O)C[C@H]2[C@@H]1c1ccccc1. The average Bonchev–Trinajstić information content (AvgIpc) is 2.72. The summed E-state index contributed by atoms with van der Waals surface area (Å²) in [6.45, 7) is 6.17. The minimum Gasteiger partial charge on any atom is -0.326 e. The van der Waals surface area contributed by atoms with Crippen LogP contribution in [0.1, 0.15) is 45.2 Å². The summed E-state index contributed by atoms with van der Waals surface area (Å²) in [5.74, 6) is 0.322. The minimum absolute atomic E-state index is 0.000347. The Balaban J connectivity index is 2.12. The van der Waals surface area contributed by atoms with E-state index < -0.39 is 0 Å². The number of hydrogen-bond donors (Lipinski definition) is 0. The predicted molar refractivity (Wildman–Crippen MR) is 81.6 cm³/mol. The molecular weight excluding hydrogens is 262 g/mol. The van der Waals surface area contributed by atoms with Crippen LogP contribution in [0.2, 0.25) is 0 Å². The van der Waals surface area contributed by atoms with E-state index in [9.17, 15) is 9.59 Å². The van der Waals surface area contributed by atoms with Crippen LogP contribution < -0.4 is 0 Å². The number of nitrogens with zero attached hydrogens (tertiary/aromatic N) is 1. The summed E-state index contributed by atoms with van der Waals surface area (Å²) < 4.78 is 0. The molecule has 21 heavy (non-hydrogen) atoms. The number of allylic oxidation sites excluding steroid dienone is 1. The lowest BCUT2D eigenvalue weighted by Crippen LogP contribution is -2.44. The molecule has 1 aliphatic heterocycles. The summed E-state index contributed by atoms with van der Waals surface area (Å²) >= 11 is 0. The molecule has 3 heteroatoms. The Morgan fingerprint density at radius 1 is 1.10 bits per heavy atom. The molecule has 0 radical (unpaired) electrons. The standard InChI is InChI=1S/C18H21NO2/c1-18(2,3)19-16(12-7-5-4-6-8-12)15-11-13(20)9-10-14(15)17(19)21/h4-8,10,15-16H,9,11H2,1-3H3/t15-,16+/m1/s1. The molecule has 1 aliphatic carbocycles. The van der Waals surface area contributed by atoms with Gasteiger partial charge in [-0.15, -0.1) is 0 Å². The van der Waals surface area contributed by atoms with Gasteiger partial charge in [-0.05, 0) is 26.3 Å². The van der Waals surface area contributed by atoms with Crippen molar-refractivity contribution in [3.63, 3.8) is 0 Å². The van der Waals surface area contributed by atoms with Crippen LogP contribution in [0.4, 0.5) is 0 Å². The Morgan fingerprint density at radius 2 is 1.76 bits per heavy atom. The summed E-state index contributed by atoms with van der Waals surface area (Å²) in [6, 6.07) is 10.0. The third kappa shape index (κ3) is 2.31. The average molecular weight is 283 g/mol. The molecule has 1 aromatic rings. The Hall–Kier alpha value is -1.90. The maximum absolute atomic E-state index is 12.8. The van der Waals surface area contributed by atoms with Crippen LogP contribution in [0.5, 0.6) is 0 Å². The molecule has 0 aromatic heterocycles. The molecule has 1 fully saturated rings. The monoisotopic (exact) mass is 283 g/mol. The largest absolute Gasteiger partial charge is 0.326 e. The topological polar surface area (TPSA) is 37.4 Å². The summed E-state index contributed by atoms with van der Waals surface area (Å²) in [5, 5.41) is 0. The normalized spacial score (nSPS) is 25.9. The van der Waals surface area contributed by atoms with E-state index in [1.807, 2.05) is 29.2 Å². The van der Waals surface area contributed by atoms with E-state index in [1.165, 1.54) is 0 Å². The fourth-order valence-corrected chi connectivity index (χ4v) is 3.54. The summed E-state index contributed by atoms with van der Waals surface area (Å²) in [7, 11) is 0. The van der Waals surface area contributed by atoms with Gasteiger partial charge in [-0.2, -0.15) is 0 Å². The predicted octanol–water partition coefficient (Wildman–Crippen LogP) is 3.27. The van der Waals surface area contributed by atoms with Crippen molar-refractivity contribution in [1.29, 1.82) is 0 Å². The zero-order valence-corrected chi connectivity index (χ0v) is 12.8. The first-order valence-electron chi connectivity index (χ1n) is 7.50. The maximum Gasteiger partial charge on any atom is 0.250 e. The van der Waals surface area contributed by atoms with Gasteiger partial charge in [-0.3, -0.25) is 9.59 Å². The van der Waals surface area contributed by atoms with Crippen molar-refractivity contribution in [2.24, 2.45) is 5.92 Å². The van der Waals surface area contributed by atoms with Crippen LogP contribution in [0, 0.1) is 5.92 Å². The second-order valence-corrected chi connectivity index (χ2v) is 6.91. The molecule has 0 spiro atoms. The molecule has 3 rings (SSSR count). The van der Waals surface area contributed by atoms with Crippen molar-refractivity contribution in [3.05, 3.63) is 47.5 Å². The van der Waals surface area contributed by atoms with Gasteiger partial charge < -0.3 is 4.90 Å². The van der Waals surface area contributed by atoms with Crippen LogP contribution in [0.3, 0.4) is 0 Å². The smallest absolute Gasteiger partial charge is 0.250 e. The second kappa shape index (κ2) is 4.83. The molecule has 1 aromatic carbocycles. The molecule has 1 heterocycles. The number of Topliss-reactive ketones (excluding diaryl/α,β-unsaturated/α-hetero) is 1. The highest BCUT2D eigenvalue weighted by Crippen LogP contribution is 2.48. The third-order valence-corrected chi connectivity index (χ3v) is 4.39. The van der Waals surface area contributed by atoms with Crippen molar-refractivity contribution in [2.75, 3.05) is 0 Å². The fourth-order valence-electron chi connectivity index (χ4n) is 3.54. The lowest BCUT2D eigenvalue weighted by atomic mass is 9.82. The van der Waals surface area contributed by atoms with Crippen LogP contribution >= 0.6 is 0 Å². The van der Waals surface area contributed by atoms with Crippen molar-refractivity contribution < 1.29 is 9.59 Å². The van der Waals surface area contributed by atoms with Crippen LogP contribution in [-0.2, 0) is 9.59 Å². The first-order valence-corrected chi connectivity index (χ1v) is 7.50. The lowest BCUT2D eigenvalue weighted by Gasteiger charge is -2.38. The third-order valence-electron chi connectivity index (χ3n) is 4.39. The van der Waals surface area contributed by atoms with Crippen LogP contribution in [0.25, 0.3) is 0 Å². The Kier molecular flexibility index (Phi) is 3.23. The van der Waals surface area contributed by atoms with Gasteiger partial charge in [0, 0.05) is 29.9 Å². The van der Waals surface area contributed by atoms with Crippen molar-refractivity contribution in [3.8, 4) is 0 Å². The van der Waals surface area contributed by atoms with Crippen LogP contribution in [0.15, 0.2) is 42.0 Å². The minimum atomic E-state index is -0.265. The maximum atomic E-state index is 12.8. The van der Waals surface area contributed by atoms with Gasteiger partial charge in [0.2, 0.25) is 0 Å². The quantitative estimate of drug-likeness (QED) is 0.793. The fraction of sp³-hybridized carbons (Fsp3) is 0.444. The van der Waals surface area contributed by atoms with Gasteiger partial charge in [-0.1, -0.05) is 36.4 Å². The summed E-state index contributed by atoms with van der Waals surface area (Å²) in [4.78, 5) is 26.7. The second-order valence-electron chi connectivity index (χ2n) is 6.91. The van der Waals surface area contributed by atoms with Crippen LogP contribution in [-0.4, -0.2) is 22.1 Å². The van der Waals surface area contributed by atoms with Gasteiger partial charge in [0.1, 0.15) is 5.78 Å². The van der Waals surface area contributed by atoms with E-state index in [-0.39, 0.29) is 29.2 Å². The Labute approximate surface area is 125 Å². The number of carbonyl (C=O) groups is 2. The lowest BCUT2D eigenvalue weighted by molar-refractivity contribution is -0.131. The Bertz CT molecular complexity index is 610. The first-order chi connectivity index (χ1) is 9.89. The van der Waals surface area contributed by atoms with Gasteiger partial charge in [-0.25, -0.2) is 0 Å². The number of amides is 1. The van der Waals surface area contributed by atoms with E-state index in [4.69, 9.17) is 0 Å². The van der Waals surface area contributed by atoms with Crippen molar-refractivity contribution >= 4 is 11.7 Å². The molecule has 2 atom stereocenters. The van der Waals surface area contributed by atoms with E-state index >= 15 is 0 Å². The number of hydrogen-bond acceptors (Lipinski definition) is 2. The number of ketones is 1. The van der Waals surface area contributed by atoms with Gasteiger partial charge >= 0.3 is 0 Å². The molecule has 3 nitrogen and oxygen atoms in total. The van der Waals surface area contributed by atoms with E-state index in [0.717, 1.165) is 11.1 Å². The highest BCUT2D eigenvalue weighted by Gasteiger charge is 2.50. The number of rotatable bonds is 1. The number of benzene rings is 1. The highest BCUT2D eigenvalue weighted by molar-refractivity contribution is 6.00. The summed E-state index contributed by atoms with van der Waals surface area (Å²) in [6.07, 6.45) is 2.72. The van der Waals surface area contributed by atoms with E-state index in [0.29, 0.717) is 12.8 Å². The summed E-state index contributed by atoms with van der Waals surface area (Å²) in [5.41, 5.74) is 1.68. The van der Waals surface area contributed by atoms with Gasteiger partial charge in [0.15, 0.2) is 0 Å². The van der Waals surface area contributed by atoms with Crippen molar-refractivity contribution in [2.45, 2.75) is 45.2 Å². The molecule has 0 N–H and O–H groups in total. The molecule has 0 unspecified atom stereocenters. The number of likely N-dealkylation sites (tertiary alicyclic amines) is 1. The Morgan fingerprint density at radius 3 is 2.38 bits per heavy atom. The zero-order valence-electron chi connectivity index (χ0n) is 12.8. The molecule has 0 saturated carbocycles. The molecule has 110 valence electrons. The molecule has 1 saturated heterocycles. The molecule has 0 bridgehead atoms. The van der Waals surface area contributed by atoms with Gasteiger partial charge in [0.25, 0.3) is 5.91 Å². The zero-order chi connectivity index (χ0) is 15.2. The van der Waals surface area contributed by atoms with E-state index in [2.05, 4.69) is 32.9 Å².